The number of ketones is 1. The molecule has 0 spiro atoms. The summed E-state index contributed by atoms with van der Waals surface area (Å²) in [5.41, 5.74) is 5.24. The molecule has 4 heteroatoms. The molecule has 1 aliphatic rings. The van der Waals surface area contributed by atoms with Crippen LogP contribution in [0.5, 0.6) is 0 Å². The van der Waals surface area contributed by atoms with E-state index in [2.05, 4.69) is 6.58 Å². The zero-order chi connectivity index (χ0) is 24.1. The van der Waals surface area contributed by atoms with Gasteiger partial charge in [-0.2, -0.15) is 0 Å². The molecule has 0 aliphatic heterocycles. The summed E-state index contributed by atoms with van der Waals surface area (Å²) in [4.78, 5) is 12.8. The summed E-state index contributed by atoms with van der Waals surface area (Å²) < 4.78 is 25.3. The van der Waals surface area contributed by atoms with Gasteiger partial charge in [-0.15, -0.1) is 0 Å². The smallest absolute Gasteiger partial charge is 0.137 e. The lowest BCUT2D eigenvalue weighted by molar-refractivity contribution is -0.118. The first-order chi connectivity index (χ1) is 14.8. The van der Waals surface area contributed by atoms with E-state index >= 15 is 0 Å². The lowest BCUT2D eigenvalue weighted by Gasteiger charge is -2.06. The first-order valence-corrected chi connectivity index (χ1v) is 12.4. The van der Waals surface area contributed by atoms with Crippen LogP contribution < -0.4 is 0 Å². The monoisotopic (exact) mass is 444 g/mol. The van der Waals surface area contributed by atoms with E-state index in [0.717, 1.165) is 38.3 Å². The lowest BCUT2D eigenvalue weighted by Crippen LogP contribution is -1.99. The van der Waals surface area contributed by atoms with Crippen LogP contribution in [-0.2, 0) is 15.6 Å². The molecule has 0 radical (unpaired) electrons. The molecule has 2 rings (SSSR count). The van der Waals surface area contributed by atoms with Crippen molar-refractivity contribution in [1.82, 2.24) is 0 Å². The first-order valence-electron chi connectivity index (χ1n) is 10.9. The summed E-state index contributed by atoms with van der Waals surface area (Å²) in [5.74, 6) is -0.194. The van der Waals surface area contributed by atoms with Crippen molar-refractivity contribution < 1.29 is 13.4 Å². The maximum absolute atomic E-state index is 13.7. The van der Waals surface area contributed by atoms with Gasteiger partial charge in [0.1, 0.15) is 5.78 Å². The highest BCUT2D eigenvalue weighted by Gasteiger charge is 2.25. The Kier molecular flexibility index (Phi) is 13.5. The lowest BCUT2D eigenvalue weighted by atomic mass is 9.98. The van der Waals surface area contributed by atoms with Gasteiger partial charge >= 0.3 is 0 Å². The molecule has 0 fully saturated rings. The van der Waals surface area contributed by atoms with Crippen LogP contribution in [0.4, 0.5) is 4.39 Å². The Morgan fingerprint density at radius 2 is 1.65 bits per heavy atom. The summed E-state index contributed by atoms with van der Waals surface area (Å²) in [6, 6.07) is 7.48. The fraction of sp³-hybridized carbons (Fsp3) is 0.370. The van der Waals surface area contributed by atoms with E-state index < -0.39 is 10.8 Å². The molecule has 1 aromatic carbocycles. The number of rotatable bonds is 7. The molecular weight excluding hydrogens is 407 g/mol. The van der Waals surface area contributed by atoms with E-state index in [0.29, 0.717) is 6.42 Å². The second-order valence-corrected chi connectivity index (χ2v) is 7.90. The Hall–Kier alpha value is -2.33. The number of allylic oxidation sites excluding steroid dienone is 8. The second-order valence-electron chi connectivity index (χ2n) is 6.52. The van der Waals surface area contributed by atoms with Gasteiger partial charge < -0.3 is 0 Å². The molecule has 0 saturated heterocycles. The number of carbonyl (C=O) groups excluding carboxylic acids is 1. The van der Waals surface area contributed by atoms with Crippen LogP contribution >= 0.6 is 0 Å². The molecule has 0 bridgehead atoms. The third-order valence-corrected chi connectivity index (χ3v) is 5.54. The number of hydrogen-bond donors (Lipinski definition) is 0. The van der Waals surface area contributed by atoms with Crippen LogP contribution in [0.1, 0.15) is 66.9 Å². The van der Waals surface area contributed by atoms with Gasteiger partial charge in [-0.3, -0.25) is 9.00 Å². The maximum Gasteiger partial charge on any atom is 0.137 e. The Morgan fingerprint density at radius 3 is 2.06 bits per heavy atom. The van der Waals surface area contributed by atoms with Crippen LogP contribution in [0.25, 0.3) is 6.08 Å². The molecule has 0 saturated carbocycles. The average Bonchev–Trinajstić information content (AvgIpc) is 3.01. The minimum absolute atomic E-state index is 0.117. The second kappa shape index (κ2) is 14.6. The molecule has 2 nitrogen and oxygen atoms in total. The highest BCUT2D eigenvalue weighted by atomic mass is 32.2. The van der Waals surface area contributed by atoms with Crippen LogP contribution in [0, 0.1) is 0 Å². The molecular formula is C27H37FO2S. The predicted molar refractivity (Wildman–Crippen MR) is 134 cm³/mol. The zero-order valence-corrected chi connectivity index (χ0v) is 21.1. The third-order valence-electron chi connectivity index (χ3n) is 4.60. The number of Topliss-reactive ketones (excluding diaryl/α,β-unsaturated/α-hetero) is 1. The molecule has 170 valence electrons. The summed E-state index contributed by atoms with van der Waals surface area (Å²) in [6.07, 6.45) is 7.56. The maximum atomic E-state index is 13.7. The third kappa shape index (κ3) is 8.02. The van der Waals surface area contributed by atoms with Crippen molar-refractivity contribution in [3.05, 3.63) is 82.3 Å². The molecule has 0 aromatic heterocycles. The Morgan fingerprint density at radius 1 is 1.10 bits per heavy atom. The number of hydrogen-bond acceptors (Lipinski definition) is 2. The van der Waals surface area contributed by atoms with Crippen molar-refractivity contribution in [3.63, 3.8) is 0 Å². The summed E-state index contributed by atoms with van der Waals surface area (Å²) in [6.45, 7) is 17.1. The molecule has 31 heavy (non-hydrogen) atoms. The van der Waals surface area contributed by atoms with Gasteiger partial charge in [0, 0.05) is 34.8 Å². The minimum Gasteiger partial charge on any atom is -0.299 e. The summed E-state index contributed by atoms with van der Waals surface area (Å²) in [5, 5.41) is 0. The van der Waals surface area contributed by atoms with Crippen molar-refractivity contribution in [2.24, 2.45) is 0 Å². The molecule has 1 aromatic rings. The largest absolute Gasteiger partial charge is 0.299 e. The van der Waals surface area contributed by atoms with Gasteiger partial charge in [0.05, 0.1) is 5.83 Å². The van der Waals surface area contributed by atoms with Crippen molar-refractivity contribution in [2.75, 3.05) is 6.26 Å². The van der Waals surface area contributed by atoms with Gasteiger partial charge in [0.2, 0.25) is 0 Å². The molecule has 1 aliphatic carbocycles. The van der Waals surface area contributed by atoms with Crippen molar-refractivity contribution in [3.8, 4) is 0 Å². The van der Waals surface area contributed by atoms with E-state index in [1.54, 1.807) is 12.3 Å². The van der Waals surface area contributed by atoms with Crippen molar-refractivity contribution >= 4 is 22.7 Å². The number of benzene rings is 1. The highest BCUT2D eigenvalue weighted by Crippen LogP contribution is 2.41. The standard InChI is InChI=1S/C23H25FO2S.2C2H6/c1-6-18(25)14-22-16(4)21(20(7-2)23(22)12-15(3)24)13-17-8-10-19(11-9-17)27(5)26;2*1-2/h7-13H,2,6,14H2,1,3-5H3;2*1-2H3/b15-12+,21-13+;;. The van der Waals surface area contributed by atoms with E-state index in [9.17, 15) is 13.4 Å². The van der Waals surface area contributed by atoms with Crippen molar-refractivity contribution in [2.45, 2.75) is 66.2 Å². The normalized spacial score (nSPS) is 15.8. The van der Waals surface area contributed by atoms with Crippen LogP contribution in [0.3, 0.4) is 0 Å². The topological polar surface area (TPSA) is 34.1 Å². The Balaban J connectivity index is 0.00000212. The van der Waals surface area contributed by atoms with E-state index in [1.807, 2.05) is 71.9 Å². The van der Waals surface area contributed by atoms with Gasteiger partial charge in [0.25, 0.3) is 0 Å². The quantitative estimate of drug-likeness (QED) is 0.428. The zero-order valence-electron chi connectivity index (χ0n) is 20.3. The minimum atomic E-state index is -1.03. The summed E-state index contributed by atoms with van der Waals surface area (Å²) >= 11 is 0. The summed E-state index contributed by atoms with van der Waals surface area (Å²) in [7, 11) is -1.03. The van der Waals surface area contributed by atoms with Crippen LogP contribution in [-0.4, -0.2) is 16.2 Å². The average molecular weight is 445 g/mol. The van der Waals surface area contributed by atoms with Crippen LogP contribution in [0.15, 0.2) is 81.6 Å². The fourth-order valence-corrected chi connectivity index (χ4v) is 3.64. The molecule has 1 atom stereocenters. The van der Waals surface area contributed by atoms with E-state index in [4.69, 9.17) is 0 Å². The van der Waals surface area contributed by atoms with Gasteiger partial charge in [-0.05, 0) is 71.6 Å². The predicted octanol–water partition coefficient (Wildman–Crippen LogP) is 7.92. The molecule has 0 amide bonds. The van der Waals surface area contributed by atoms with Gasteiger partial charge in [0.15, 0.2) is 0 Å². The first kappa shape index (κ1) is 28.7. The van der Waals surface area contributed by atoms with Gasteiger partial charge in [-0.25, -0.2) is 4.39 Å². The molecule has 0 N–H and O–H groups in total. The highest BCUT2D eigenvalue weighted by molar-refractivity contribution is 7.84. The SMILES string of the molecule is C=CC1=C(/C=C(\C)F)C(CC(=O)CC)=C(C)/C1=C\c1ccc(S(C)=O)cc1.CC.CC. The Bertz CT molecular complexity index is 909. The Labute approximate surface area is 190 Å². The fourth-order valence-electron chi connectivity index (χ4n) is 3.12. The number of halogens is 1. The van der Waals surface area contributed by atoms with E-state index in [1.165, 1.54) is 13.0 Å². The molecule has 1 unspecified atom stereocenters. The number of carbonyl (C=O) groups is 1. The molecule has 0 heterocycles. The van der Waals surface area contributed by atoms with Crippen molar-refractivity contribution in [1.29, 1.82) is 0 Å². The van der Waals surface area contributed by atoms with E-state index in [-0.39, 0.29) is 18.0 Å². The van der Waals surface area contributed by atoms with Gasteiger partial charge in [-0.1, -0.05) is 59.4 Å². The van der Waals surface area contributed by atoms with Crippen LogP contribution in [0.2, 0.25) is 0 Å².